The lowest BCUT2D eigenvalue weighted by Gasteiger charge is -2.16. The minimum atomic E-state index is -0.332. The topological polar surface area (TPSA) is 123 Å². The molecule has 5 N–H and O–H groups in total. The van der Waals surface area contributed by atoms with Gasteiger partial charge in [0.25, 0.3) is 11.8 Å². The van der Waals surface area contributed by atoms with E-state index in [4.69, 9.17) is 16.3 Å². The highest BCUT2D eigenvalue weighted by Gasteiger charge is 2.24. The molecule has 2 aromatic rings. The fraction of sp³-hybridized carbons (Fsp3) is 0.292. The molecule has 32 heavy (non-hydrogen) atoms. The van der Waals surface area contributed by atoms with Crippen molar-refractivity contribution < 1.29 is 14.4 Å². The number of hydroxylamine groups is 1. The molecular formula is C24H27N5O3. The first kappa shape index (κ1) is 21.7. The highest BCUT2D eigenvalue weighted by molar-refractivity contribution is 6.05. The smallest absolute Gasteiger partial charge is 0.271 e. The monoisotopic (exact) mass is 433 g/mol. The second kappa shape index (κ2) is 9.33. The van der Waals surface area contributed by atoms with Crippen molar-refractivity contribution in [3.8, 4) is 11.1 Å². The molecule has 2 aromatic carbocycles. The quantitative estimate of drug-likeness (QED) is 0.625. The van der Waals surface area contributed by atoms with Crippen LogP contribution in [0, 0.1) is 0 Å². The van der Waals surface area contributed by atoms with Gasteiger partial charge in [-0.3, -0.25) is 14.4 Å². The summed E-state index contributed by atoms with van der Waals surface area (Å²) in [6.45, 7) is 3.46. The van der Waals surface area contributed by atoms with Crippen LogP contribution in [0.1, 0.15) is 35.7 Å². The third kappa shape index (κ3) is 4.71. The molecule has 0 aromatic heterocycles. The Hall–Kier alpha value is -3.49. The second-order valence-corrected chi connectivity index (χ2v) is 7.96. The van der Waals surface area contributed by atoms with E-state index in [0.29, 0.717) is 42.4 Å². The van der Waals surface area contributed by atoms with Crippen LogP contribution in [-0.4, -0.2) is 48.3 Å². The maximum atomic E-state index is 12.6. The minimum absolute atomic E-state index is 0.00629. The van der Waals surface area contributed by atoms with Gasteiger partial charge >= 0.3 is 0 Å². The third-order valence-electron chi connectivity index (χ3n) is 5.57. The Kier molecular flexibility index (Phi) is 6.34. The number of fused-ring (bicyclic) bond motifs is 1. The molecule has 2 aliphatic heterocycles. The van der Waals surface area contributed by atoms with Crippen LogP contribution in [0.5, 0.6) is 0 Å². The summed E-state index contributed by atoms with van der Waals surface area (Å²) >= 11 is 0. The van der Waals surface area contributed by atoms with Gasteiger partial charge in [-0.2, -0.15) is 0 Å². The van der Waals surface area contributed by atoms with Gasteiger partial charge in [0.05, 0.1) is 12.3 Å². The zero-order chi connectivity index (χ0) is 22.7. The number of hydrogen-bond acceptors (Lipinski definition) is 6. The van der Waals surface area contributed by atoms with Crippen LogP contribution < -0.4 is 16.9 Å². The van der Waals surface area contributed by atoms with Gasteiger partial charge in [0, 0.05) is 42.3 Å². The Bertz CT molecular complexity index is 1090. The molecule has 0 spiro atoms. The molecule has 0 saturated carbocycles. The van der Waals surface area contributed by atoms with Crippen molar-refractivity contribution in [2.24, 2.45) is 16.5 Å². The SMILES string of the molecule is CCONC(=O)C1=Cc2ccc(-c3ccc(C(=O)N4CCC(N)C4)cc3)cc2N=C(N)C1. The predicted octanol–water partition coefficient (Wildman–Crippen LogP) is 2.37. The molecule has 2 amide bonds. The zero-order valence-electron chi connectivity index (χ0n) is 18.0. The molecule has 0 radical (unpaired) electrons. The van der Waals surface area contributed by atoms with E-state index in [2.05, 4.69) is 10.5 Å². The minimum Gasteiger partial charge on any atom is -0.387 e. The van der Waals surface area contributed by atoms with E-state index in [-0.39, 0.29) is 24.3 Å². The number of hydrogen-bond donors (Lipinski definition) is 3. The van der Waals surface area contributed by atoms with Crippen molar-refractivity contribution in [1.29, 1.82) is 0 Å². The average molecular weight is 434 g/mol. The molecule has 4 rings (SSSR count). The predicted molar refractivity (Wildman–Crippen MR) is 124 cm³/mol. The van der Waals surface area contributed by atoms with E-state index in [1.54, 1.807) is 17.9 Å². The van der Waals surface area contributed by atoms with Crippen molar-refractivity contribution in [3.63, 3.8) is 0 Å². The van der Waals surface area contributed by atoms with Crippen LogP contribution in [0.4, 0.5) is 5.69 Å². The number of nitrogens with zero attached hydrogens (tertiary/aromatic N) is 2. The summed E-state index contributed by atoms with van der Waals surface area (Å²) in [5.41, 5.74) is 18.9. The fourth-order valence-electron chi connectivity index (χ4n) is 3.88. The van der Waals surface area contributed by atoms with Gasteiger partial charge in [0.1, 0.15) is 5.84 Å². The van der Waals surface area contributed by atoms with Crippen molar-refractivity contribution in [3.05, 3.63) is 59.2 Å². The van der Waals surface area contributed by atoms with Crippen molar-refractivity contribution in [2.45, 2.75) is 25.8 Å². The summed E-state index contributed by atoms with van der Waals surface area (Å²) in [7, 11) is 0. The maximum absolute atomic E-state index is 12.6. The maximum Gasteiger partial charge on any atom is 0.271 e. The molecule has 0 aliphatic carbocycles. The standard InChI is InChI=1S/C24H27N5O3/c1-2-32-28-23(30)19-11-18-8-7-17(12-21(18)27-22(26)13-19)15-3-5-16(6-4-15)24(31)29-10-9-20(25)14-29/h3-8,11-12,20H,2,9-10,13-14,25H2,1H3,(H2,26,27)(H,28,30). The molecule has 8 nitrogen and oxygen atoms in total. The number of rotatable bonds is 5. The summed E-state index contributed by atoms with van der Waals surface area (Å²) in [6, 6.07) is 13.4. The van der Waals surface area contributed by atoms with Crippen LogP contribution >= 0.6 is 0 Å². The van der Waals surface area contributed by atoms with E-state index >= 15 is 0 Å². The Labute approximate surface area is 186 Å². The first-order valence-electron chi connectivity index (χ1n) is 10.7. The Morgan fingerprint density at radius 3 is 2.62 bits per heavy atom. The lowest BCUT2D eigenvalue weighted by molar-refractivity contribution is -0.129. The molecule has 166 valence electrons. The van der Waals surface area contributed by atoms with Gasteiger partial charge in [-0.1, -0.05) is 24.3 Å². The third-order valence-corrected chi connectivity index (χ3v) is 5.57. The van der Waals surface area contributed by atoms with Crippen molar-refractivity contribution in [2.75, 3.05) is 19.7 Å². The molecule has 1 fully saturated rings. The van der Waals surface area contributed by atoms with Gasteiger partial charge in [-0.15, -0.1) is 0 Å². The highest BCUT2D eigenvalue weighted by Crippen LogP contribution is 2.32. The van der Waals surface area contributed by atoms with E-state index < -0.39 is 0 Å². The van der Waals surface area contributed by atoms with Crippen LogP contribution in [0.25, 0.3) is 17.2 Å². The lowest BCUT2D eigenvalue weighted by atomic mass is 10.00. The van der Waals surface area contributed by atoms with Gasteiger partial charge in [-0.25, -0.2) is 10.5 Å². The Morgan fingerprint density at radius 1 is 1.19 bits per heavy atom. The van der Waals surface area contributed by atoms with Crippen LogP contribution in [0.2, 0.25) is 0 Å². The summed E-state index contributed by atoms with van der Waals surface area (Å²) in [5, 5.41) is 0. The van der Waals surface area contributed by atoms with E-state index in [9.17, 15) is 9.59 Å². The lowest BCUT2D eigenvalue weighted by Crippen LogP contribution is -2.31. The summed E-state index contributed by atoms with van der Waals surface area (Å²) in [6.07, 6.45) is 2.85. The molecule has 1 unspecified atom stereocenters. The fourth-order valence-corrected chi connectivity index (χ4v) is 3.88. The number of nitrogens with one attached hydrogen (secondary N) is 1. The number of amides is 2. The number of carbonyl (C=O) groups is 2. The number of aliphatic imine (C=N–C) groups is 1. The summed E-state index contributed by atoms with van der Waals surface area (Å²) in [4.78, 5) is 36.2. The molecule has 1 saturated heterocycles. The highest BCUT2D eigenvalue weighted by atomic mass is 16.6. The van der Waals surface area contributed by atoms with E-state index in [1.807, 2.05) is 42.5 Å². The van der Waals surface area contributed by atoms with E-state index in [1.165, 1.54) is 0 Å². The van der Waals surface area contributed by atoms with Crippen molar-refractivity contribution in [1.82, 2.24) is 10.4 Å². The Morgan fingerprint density at radius 2 is 1.94 bits per heavy atom. The first-order valence-corrected chi connectivity index (χ1v) is 10.7. The molecule has 2 heterocycles. The Balaban J connectivity index is 1.56. The normalized spacial score (nSPS) is 17.8. The summed E-state index contributed by atoms with van der Waals surface area (Å²) in [5.74, 6) is 0.0245. The molecule has 8 heteroatoms. The van der Waals surface area contributed by atoms with Crippen molar-refractivity contribution >= 4 is 29.4 Å². The number of benzene rings is 2. The zero-order valence-corrected chi connectivity index (χ0v) is 18.0. The molecule has 2 aliphatic rings. The second-order valence-electron chi connectivity index (χ2n) is 7.96. The number of carbonyl (C=O) groups excluding carboxylic acids is 2. The van der Waals surface area contributed by atoms with Crippen LogP contribution in [0.3, 0.4) is 0 Å². The van der Waals surface area contributed by atoms with Crippen LogP contribution in [0.15, 0.2) is 53.0 Å². The number of likely N-dealkylation sites (tertiary alicyclic amines) is 1. The molecule has 0 bridgehead atoms. The van der Waals surface area contributed by atoms with Gasteiger partial charge in [-0.05, 0) is 48.7 Å². The number of nitrogens with two attached hydrogens (primary N) is 2. The average Bonchev–Trinajstić information content (AvgIpc) is 3.15. The van der Waals surface area contributed by atoms with Gasteiger partial charge < -0.3 is 16.4 Å². The molecule has 1 atom stereocenters. The molecular weight excluding hydrogens is 406 g/mol. The summed E-state index contributed by atoms with van der Waals surface area (Å²) < 4.78 is 0. The van der Waals surface area contributed by atoms with Gasteiger partial charge in [0.2, 0.25) is 0 Å². The number of amidine groups is 1. The first-order chi connectivity index (χ1) is 15.4. The largest absolute Gasteiger partial charge is 0.387 e. The van der Waals surface area contributed by atoms with Crippen LogP contribution in [-0.2, 0) is 9.63 Å². The van der Waals surface area contributed by atoms with E-state index in [0.717, 1.165) is 23.1 Å². The van der Waals surface area contributed by atoms with Gasteiger partial charge in [0.15, 0.2) is 0 Å².